The van der Waals surface area contributed by atoms with Gasteiger partial charge in [0.05, 0.1) is 13.2 Å². The molecule has 2 aromatic heterocycles. The molecule has 9 nitrogen and oxygen atoms in total. The van der Waals surface area contributed by atoms with Crippen LogP contribution in [0.5, 0.6) is 0 Å². The second-order valence-electron chi connectivity index (χ2n) is 7.96. The number of hydrogen-bond acceptors (Lipinski definition) is 6. The maximum atomic E-state index is 12.3. The molecule has 9 heteroatoms. The van der Waals surface area contributed by atoms with Gasteiger partial charge in [0, 0.05) is 38.1 Å². The third-order valence-electron chi connectivity index (χ3n) is 5.80. The van der Waals surface area contributed by atoms with Crippen LogP contribution in [-0.4, -0.2) is 75.7 Å². The van der Waals surface area contributed by atoms with Crippen LogP contribution in [0.25, 0.3) is 16.9 Å². The second-order valence-corrected chi connectivity index (χ2v) is 7.96. The molecule has 0 spiro atoms. The van der Waals surface area contributed by atoms with Crippen LogP contribution in [0.3, 0.4) is 0 Å². The summed E-state index contributed by atoms with van der Waals surface area (Å²) in [6.45, 7) is 7.34. The molecule has 0 saturated carbocycles. The quantitative estimate of drug-likeness (QED) is 0.556. The van der Waals surface area contributed by atoms with Crippen molar-refractivity contribution in [2.24, 2.45) is 0 Å². The highest BCUT2D eigenvalue weighted by atomic mass is 16.5. The predicted octanol–water partition coefficient (Wildman–Crippen LogP) is 2.37. The number of urea groups is 1. The van der Waals surface area contributed by atoms with Crippen LogP contribution >= 0.6 is 0 Å². The van der Waals surface area contributed by atoms with Crippen LogP contribution < -0.4 is 5.32 Å². The number of benzene rings is 1. The summed E-state index contributed by atoms with van der Waals surface area (Å²) in [7, 11) is 0. The normalized spacial score (nSPS) is 14.4. The van der Waals surface area contributed by atoms with Gasteiger partial charge in [0.25, 0.3) is 0 Å². The van der Waals surface area contributed by atoms with Crippen molar-refractivity contribution in [2.45, 2.75) is 26.8 Å². The molecule has 0 bridgehead atoms. The van der Waals surface area contributed by atoms with E-state index in [2.05, 4.69) is 51.0 Å². The molecule has 3 aromatic rings. The number of nitrogens with one attached hydrogen (secondary N) is 1. The first-order valence-corrected chi connectivity index (χ1v) is 11.4. The first kappa shape index (κ1) is 22.7. The Morgan fingerprint density at radius 2 is 1.82 bits per heavy atom. The molecule has 1 fully saturated rings. The van der Waals surface area contributed by atoms with Gasteiger partial charge in [-0.15, -0.1) is 0 Å². The number of aromatic nitrogens is 3. The number of rotatable bonds is 7. The van der Waals surface area contributed by atoms with Gasteiger partial charge in [-0.25, -0.2) is 14.8 Å². The van der Waals surface area contributed by atoms with Gasteiger partial charge >= 0.3 is 12.0 Å². The van der Waals surface area contributed by atoms with Gasteiger partial charge in [0.15, 0.2) is 5.65 Å². The molecule has 1 saturated heterocycles. The molecule has 4 rings (SSSR count). The Hall–Kier alpha value is -3.46. The van der Waals surface area contributed by atoms with Crippen LogP contribution in [0, 0.1) is 0 Å². The molecule has 33 heavy (non-hydrogen) atoms. The third-order valence-corrected chi connectivity index (χ3v) is 5.80. The number of carbonyl (C=O) groups excluding carboxylic acids is 2. The van der Waals surface area contributed by atoms with E-state index in [0.717, 1.165) is 42.2 Å². The Kier molecular flexibility index (Phi) is 7.19. The van der Waals surface area contributed by atoms with Crippen molar-refractivity contribution in [1.82, 2.24) is 29.7 Å². The lowest BCUT2D eigenvalue weighted by Gasteiger charge is -2.34. The lowest BCUT2D eigenvalue weighted by Crippen LogP contribution is -2.52. The standard InChI is InChI=1S/C24H30N6O3/c1-3-18-7-9-19(10-8-18)30-21(27-20-6-5-11-25-23(20)30)17-28-12-14-29(15-13-28)24(32)26-16-22(31)33-4-2/h5-11H,3-4,12-17H2,1-2H3,(H,26,32). The highest BCUT2D eigenvalue weighted by Gasteiger charge is 2.23. The molecular formula is C24H30N6O3. The topological polar surface area (TPSA) is 92.6 Å². The summed E-state index contributed by atoms with van der Waals surface area (Å²) in [5, 5.41) is 2.63. The van der Waals surface area contributed by atoms with Gasteiger partial charge in [0.2, 0.25) is 0 Å². The summed E-state index contributed by atoms with van der Waals surface area (Å²) in [5.74, 6) is 0.497. The SMILES string of the molecule is CCOC(=O)CNC(=O)N1CCN(Cc2nc3cccnc3n2-c2ccc(CC)cc2)CC1. The van der Waals surface area contributed by atoms with Crippen molar-refractivity contribution in [2.75, 3.05) is 39.3 Å². The number of aryl methyl sites for hydroxylation is 1. The number of pyridine rings is 1. The summed E-state index contributed by atoms with van der Waals surface area (Å²) in [4.78, 5) is 37.3. The number of nitrogens with zero attached hydrogens (tertiary/aromatic N) is 5. The van der Waals surface area contributed by atoms with Gasteiger partial charge in [-0.1, -0.05) is 19.1 Å². The van der Waals surface area contributed by atoms with Crippen molar-refractivity contribution in [1.29, 1.82) is 0 Å². The van der Waals surface area contributed by atoms with Crippen LogP contribution in [-0.2, 0) is 22.5 Å². The summed E-state index contributed by atoms with van der Waals surface area (Å²) < 4.78 is 6.97. The predicted molar refractivity (Wildman–Crippen MR) is 125 cm³/mol. The first-order chi connectivity index (χ1) is 16.1. The fourth-order valence-electron chi connectivity index (χ4n) is 4.00. The maximum Gasteiger partial charge on any atom is 0.325 e. The second kappa shape index (κ2) is 10.4. The molecule has 0 unspecified atom stereocenters. The zero-order chi connectivity index (χ0) is 23.2. The van der Waals surface area contributed by atoms with E-state index in [4.69, 9.17) is 9.72 Å². The van der Waals surface area contributed by atoms with E-state index in [9.17, 15) is 9.59 Å². The molecule has 1 aliphatic heterocycles. The van der Waals surface area contributed by atoms with E-state index >= 15 is 0 Å². The summed E-state index contributed by atoms with van der Waals surface area (Å²) in [6, 6.07) is 12.2. The summed E-state index contributed by atoms with van der Waals surface area (Å²) in [5.41, 5.74) is 4.04. The molecular weight excluding hydrogens is 420 g/mol. The molecule has 0 atom stereocenters. The largest absolute Gasteiger partial charge is 0.465 e. The molecule has 1 aromatic carbocycles. The Balaban J connectivity index is 1.43. The number of carbonyl (C=O) groups is 2. The van der Waals surface area contributed by atoms with Crippen molar-refractivity contribution in [3.05, 3.63) is 54.0 Å². The molecule has 2 amide bonds. The van der Waals surface area contributed by atoms with Gasteiger partial charge < -0.3 is 15.0 Å². The fraction of sp³-hybridized carbons (Fsp3) is 0.417. The third kappa shape index (κ3) is 5.31. The van der Waals surface area contributed by atoms with Crippen molar-refractivity contribution in [3.8, 4) is 5.69 Å². The van der Waals surface area contributed by atoms with E-state index < -0.39 is 5.97 Å². The molecule has 0 aliphatic carbocycles. The average Bonchev–Trinajstić information content (AvgIpc) is 3.21. The number of ether oxygens (including phenoxy) is 1. The number of piperazine rings is 1. The Morgan fingerprint density at radius 3 is 2.52 bits per heavy atom. The number of amides is 2. The average molecular weight is 451 g/mol. The number of hydrogen-bond donors (Lipinski definition) is 1. The van der Waals surface area contributed by atoms with E-state index in [0.29, 0.717) is 26.2 Å². The van der Waals surface area contributed by atoms with Crippen LogP contribution in [0.4, 0.5) is 4.79 Å². The van der Waals surface area contributed by atoms with Crippen LogP contribution in [0.2, 0.25) is 0 Å². The Morgan fingerprint density at radius 1 is 1.06 bits per heavy atom. The van der Waals surface area contributed by atoms with E-state index in [1.807, 2.05) is 12.1 Å². The van der Waals surface area contributed by atoms with Crippen LogP contribution in [0.1, 0.15) is 25.2 Å². The number of esters is 1. The Bertz CT molecular complexity index is 1100. The summed E-state index contributed by atoms with van der Waals surface area (Å²) >= 11 is 0. The van der Waals surface area contributed by atoms with E-state index in [1.165, 1.54) is 5.56 Å². The van der Waals surface area contributed by atoms with Gasteiger partial charge in [-0.3, -0.25) is 14.3 Å². The molecule has 3 heterocycles. The lowest BCUT2D eigenvalue weighted by molar-refractivity contribution is -0.141. The maximum absolute atomic E-state index is 12.3. The number of imidazole rings is 1. The van der Waals surface area contributed by atoms with Gasteiger partial charge in [-0.2, -0.15) is 0 Å². The van der Waals surface area contributed by atoms with Gasteiger partial charge in [-0.05, 0) is 43.2 Å². The smallest absolute Gasteiger partial charge is 0.325 e. The zero-order valence-electron chi connectivity index (χ0n) is 19.2. The first-order valence-electron chi connectivity index (χ1n) is 11.4. The van der Waals surface area contributed by atoms with Crippen molar-refractivity contribution >= 4 is 23.2 Å². The minimum absolute atomic E-state index is 0.110. The van der Waals surface area contributed by atoms with Crippen molar-refractivity contribution in [3.63, 3.8) is 0 Å². The van der Waals surface area contributed by atoms with Gasteiger partial charge in [0.1, 0.15) is 17.9 Å². The minimum atomic E-state index is -0.427. The van der Waals surface area contributed by atoms with Crippen LogP contribution in [0.15, 0.2) is 42.6 Å². The highest BCUT2D eigenvalue weighted by Crippen LogP contribution is 2.22. The van der Waals surface area contributed by atoms with E-state index in [-0.39, 0.29) is 12.6 Å². The molecule has 0 radical (unpaired) electrons. The molecule has 174 valence electrons. The monoisotopic (exact) mass is 450 g/mol. The Labute approximate surface area is 193 Å². The lowest BCUT2D eigenvalue weighted by atomic mass is 10.1. The number of fused-ring (bicyclic) bond motifs is 1. The van der Waals surface area contributed by atoms with E-state index in [1.54, 1.807) is 18.0 Å². The fourth-order valence-corrected chi connectivity index (χ4v) is 4.00. The summed E-state index contributed by atoms with van der Waals surface area (Å²) in [6.07, 6.45) is 2.78. The van der Waals surface area contributed by atoms with Crippen molar-refractivity contribution < 1.29 is 14.3 Å². The molecule has 1 N–H and O–H groups in total. The molecule has 1 aliphatic rings. The minimum Gasteiger partial charge on any atom is -0.465 e. The zero-order valence-corrected chi connectivity index (χ0v) is 19.2. The highest BCUT2D eigenvalue weighted by molar-refractivity contribution is 5.81.